The Hall–Kier alpha value is -1.59. The Morgan fingerprint density at radius 2 is 0.731 bits per heavy atom. The molecule has 0 spiro atoms. The van der Waals surface area contributed by atoms with Gasteiger partial charge in [0.2, 0.25) is 0 Å². The summed E-state index contributed by atoms with van der Waals surface area (Å²) in [5, 5.41) is 0. The van der Waals surface area contributed by atoms with Crippen LogP contribution in [0.15, 0.2) is 0 Å². The maximum Gasteiger partial charge on any atom is 0.306 e. The number of hydrogen-bond donors (Lipinski definition) is 0. The molecule has 0 aromatic heterocycles. The first kappa shape index (κ1) is 50.4. The third-order valence-electron chi connectivity index (χ3n) is 10.6. The van der Waals surface area contributed by atoms with Gasteiger partial charge in [0.15, 0.2) is 6.10 Å². The van der Waals surface area contributed by atoms with E-state index >= 15 is 0 Å². The molecule has 0 saturated carbocycles. The van der Waals surface area contributed by atoms with Crippen LogP contribution in [0.3, 0.4) is 0 Å². The molecule has 308 valence electrons. The summed E-state index contributed by atoms with van der Waals surface area (Å²) in [6.07, 6.45) is 36.8. The Balaban J connectivity index is 4.18. The molecule has 0 amide bonds. The van der Waals surface area contributed by atoms with Crippen LogP contribution in [0.1, 0.15) is 247 Å². The highest BCUT2D eigenvalue weighted by Gasteiger charge is 2.19. The number of carbonyl (C=O) groups is 3. The quantitative estimate of drug-likeness (QED) is 0.0354. The van der Waals surface area contributed by atoms with Crippen LogP contribution in [0.25, 0.3) is 0 Å². The molecule has 52 heavy (non-hydrogen) atoms. The molecule has 0 aromatic carbocycles. The van der Waals surface area contributed by atoms with E-state index in [1.807, 2.05) is 0 Å². The average molecular weight is 737 g/mol. The van der Waals surface area contributed by atoms with Crippen LogP contribution in [0.2, 0.25) is 0 Å². The number of esters is 3. The lowest BCUT2D eigenvalue weighted by Crippen LogP contribution is -2.30. The molecule has 0 aliphatic carbocycles. The zero-order valence-corrected chi connectivity index (χ0v) is 35.4. The zero-order chi connectivity index (χ0) is 38.3. The monoisotopic (exact) mass is 737 g/mol. The van der Waals surface area contributed by atoms with Crippen molar-refractivity contribution in [3.05, 3.63) is 0 Å². The fraction of sp³-hybridized carbons (Fsp3) is 0.935. The SMILES string of the molecule is CCCCCCCCCC(=O)OC[C@H](COC(=O)CCCCCCCCCCCCCCCCC(C)CC)OC(=O)CCCCCCCCC(C)C. The molecule has 0 aliphatic heterocycles. The van der Waals surface area contributed by atoms with Crippen LogP contribution in [-0.2, 0) is 28.6 Å². The molecule has 0 saturated heterocycles. The Morgan fingerprint density at radius 3 is 1.10 bits per heavy atom. The molecule has 6 nitrogen and oxygen atoms in total. The van der Waals surface area contributed by atoms with Gasteiger partial charge in [-0.25, -0.2) is 0 Å². The van der Waals surface area contributed by atoms with Gasteiger partial charge in [0.05, 0.1) is 0 Å². The van der Waals surface area contributed by atoms with Crippen molar-refractivity contribution in [2.75, 3.05) is 13.2 Å². The van der Waals surface area contributed by atoms with Crippen molar-refractivity contribution in [1.82, 2.24) is 0 Å². The largest absolute Gasteiger partial charge is 0.462 e. The van der Waals surface area contributed by atoms with Crippen molar-refractivity contribution < 1.29 is 28.6 Å². The minimum Gasteiger partial charge on any atom is -0.462 e. The topological polar surface area (TPSA) is 78.9 Å². The Bertz CT molecular complexity index is 796. The smallest absolute Gasteiger partial charge is 0.306 e. The summed E-state index contributed by atoms with van der Waals surface area (Å²) in [4.78, 5) is 37.5. The van der Waals surface area contributed by atoms with Gasteiger partial charge in [-0.1, -0.05) is 208 Å². The molecule has 6 heteroatoms. The predicted molar refractivity (Wildman–Crippen MR) is 220 cm³/mol. The Labute approximate surface area is 323 Å². The molecule has 0 heterocycles. The van der Waals surface area contributed by atoms with E-state index in [2.05, 4.69) is 34.6 Å². The summed E-state index contributed by atoms with van der Waals surface area (Å²) in [6.45, 7) is 11.3. The van der Waals surface area contributed by atoms with Gasteiger partial charge in [0.1, 0.15) is 13.2 Å². The maximum atomic E-state index is 12.6. The normalized spacial score (nSPS) is 12.6. The van der Waals surface area contributed by atoms with E-state index in [4.69, 9.17) is 14.2 Å². The van der Waals surface area contributed by atoms with Gasteiger partial charge in [0, 0.05) is 19.3 Å². The van der Waals surface area contributed by atoms with Crippen molar-refractivity contribution >= 4 is 17.9 Å². The second-order valence-electron chi connectivity index (χ2n) is 16.4. The van der Waals surface area contributed by atoms with Crippen molar-refractivity contribution in [2.24, 2.45) is 11.8 Å². The first-order valence-electron chi connectivity index (χ1n) is 22.8. The van der Waals surface area contributed by atoms with Gasteiger partial charge in [0.25, 0.3) is 0 Å². The summed E-state index contributed by atoms with van der Waals surface area (Å²) >= 11 is 0. The third-order valence-corrected chi connectivity index (χ3v) is 10.6. The van der Waals surface area contributed by atoms with E-state index in [0.717, 1.165) is 69.6 Å². The van der Waals surface area contributed by atoms with E-state index in [9.17, 15) is 14.4 Å². The van der Waals surface area contributed by atoms with E-state index in [1.165, 1.54) is 135 Å². The van der Waals surface area contributed by atoms with Crippen LogP contribution < -0.4 is 0 Å². The van der Waals surface area contributed by atoms with Crippen LogP contribution in [0.5, 0.6) is 0 Å². The third kappa shape index (κ3) is 38.1. The summed E-state index contributed by atoms with van der Waals surface area (Å²) in [5.74, 6) is 0.786. The molecule has 0 rings (SSSR count). The van der Waals surface area contributed by atoms with E-state index in [-0.39, 0.29) is 31.1 Å². The van der Waals surface area contributed by atoms with Crippen molar-refractivity contribution in [3.63, 3.8) is 0 Å². The summed E-state index contributed by atoms with van der Waals surface area (Å²) in [7, 11) is 0. The zero-order valence-electron chi connectivity index (χ0n) is 35.4. The molecule has 0 N–H and O–H groups in total. The summed E-state index contributed by atoms with van der Waals surface area (Å²) in [5.41, 5.74) is 0. The number of hydrogen-bond acceptors (Lipinski definition) is 6. The molecule has 0 aliphatic rings. The Morgan fingerprint density at radius 1 is 0.404 bits per heavy atom. The first-order valence-corrected chi connectivity index (χ1v) is 22.8. The fourth-order valence-electron chi connectivity index (χ4n) is 6.72. The summed E-state index contributed by atoms with van der Waals surface area (Å²) < 4.78 is 16.6. The lowest BCUT2D eigenvalue weighted by molar-refractivity contribution is -0.167. The van der Waals surface area contributed by atoms with Gasteiger partial charge < -0.3 is 14.2 Å². The minimum absolute atomic E-state index is 0.0661. The molecule has 2 atom stereocenters. The average Bonchev–Trinajstić information content (AvgIpc) is 3.12. The van der Waals surface area contributed by atoms with E-state index in [1.54, 1.807) is 0 Å². The molecule has 1 unspecified atom stereocenters. The highest BCUT2D eigenvalue weighted by atomic mass is 16.6. The van der Waals surface area contributed by atoms with Crippen molar-refractivity contribution in [2.45, 2.75) is 253 Å². The van der Waals surface area contributed by atoms with E-state index < -0.39 is 6.10 Å². The van der Waals surface area contributed by atoms with Crippen LogP contribution in [0.4, 0.5) is 0 Å². The number of ether oxygens (including phenoxy) is 3. The standard InChI is InChI=1S/C46H88O6/c1-6-8-9-10-19-26-31-36-44(47)50-39-43(52-46(49)38-33-28-23-22-24-29-34-41(3)4)40-51-45(48)37-32-27-21-18-16-14-12-11-13-15-17-20-25-30-35-42(5)7-2/h41-43H,6-40H2,1-5H3/t42?,43-/m1/s1. The molecule has 0 bridgehead atoms. The van der Waals surface area contributed by atoms with Gasteiger partial charge in [-0.15, -0.1) is 0 Å². The highest BCUT2D eigenvalue weighted by Crippen LogP contribution is 2.17. The second kappa shape index (κ2) is 39.1. The van der Waals surface area contributed by atoms with Crippen LogP contribution >= 0.6 is 0 Å². The molecular weight excluding hydrogens is 649 g/mol. The first-order chi connectivity index (χ1) is 25.3. The predicted octanol–water partition coefficient (Wildman–Crippen LogP) is 14.2. The number of carbonyl (C=O) groups excluding carboxylic acids is 3. The number of unbranched alkanes of at least 4 members (excludes halogenated alkanes) is 24. The molecular formula is C46H88O6. The van der Waals surface area contributed by atoms with Gasteiger partial charge in [-0.3, -0.25) is 14.4 Å². The van der Waals surface area contributed by atoms with Crippen LogP contribution in [-0.4, -0.2) is 37.2 Å². The van der Waals surface area contributed by atoms with E-state index in [0.29, 0.717) is 19.3 Å². The molecule has 0 aromatic rings. The minimum atomic E-state index is -0.759. The van der Waals surface area contributed by atoms with Crippen LogP contribution in [0, 0.1) is 11.8 Å². The van der Waals surface area contributed by atoms with Crippen molar-refractivity contribution in [1.29, 1.82) is 0 Å². The molecule has 0 radical (unpaired) electrons. The highest BCUT2D eigenvalue weighted by molar-refractivity contribution is 5.71. The van der Waals surface area contributed by atoms with Gasteiger partial charge in [-0.05, 0) is 31.1 Å². The fourth-order valence-corrected chi connectivity index (χ4v) is 6.72. The lowest BCUT2D eigenvalue weighted by atomic mass is 9.99. The Kier molecular flexibility index (Phi) is 37.9. The second-order valence-corrected chi connectivity index (χ2v) is 16.4. The maximum absolute atomic E-state index is 12.6. The lowest BCUT2D eigenvalue weighted by Gasteiger charge is -2.18. The summed E-state index contributed by atoms with van der Waals surface area (Å²) in [6, 6.07) is 0. The van der Waals surface area contributed by atoms with Crippen molar-refractivity contribution in [3.8, 4) is 0 Å². The van der Waals surface area contributed by atoms with Gasteiger partial charge in [-0.2, -0.15) is 0 Å². The molecule has 0 fully saturated rings. The van der Waals surface area contributed by atoms with Gasteiger partial charge >= 0.3 is 17.9 Å². The number of rotatable bonds is 40.